The van der Waals surface area contributed by atoms with Crippen molar-refractivity contribution in [2.75, 3.05) is 0 Å². The molecule has 0 aromatic heterocycles. The van der Waals surface area contributed by atoms with Gasteiger partial charge in [-0.25, -0.2) is 4.79 Å². The van der Waals surface area contributed by atoms with Crippen molar-refractivity contribution in [3.8, 4) is 11.1 Å². The predicted octanol–water partition coefficient (Wildman–Crippen LogP) is 4.63. The standard InChI is InChI=1S/C24H31N5O3/c1-4-5-10-21(30)29(22(16(2)3)24(31)32)15-17-11-13-18(14-12-17)19-8-6-7-9-20(19)23(25)27-28-26/h6-9,11-14,16,22H,4-5,10,15H2,1-3H3,(H,31,32)(H3,25,26,27). The molecule has 4 N–H and O–H groups in total. The Morgan fingerprint density at radius 1 is 1.12 bits per heavy atom. The number of carboxylic acids is 1. The third-order valence-electron chi connectivity index (χ3n) is 5.24. The van der Waals surface area contributed by atoms with Crippen molar-refractivity contribution in [1.82, 2.24) is 4.90 Å². The largest absolute Gasteiger partial charge is 0.480 e. The van der Waals surface area contributed by atoms with Gasteiger partial charge in [0.1, 0.15) is 6.04 Å². The highest BCUT2D eigenvalue weighted by Gasteiger charge is 2.32. The second kappa shape index (κ2) is 11.7. The average molecular weight is 438 g/mol. The second-order valence-corrected chi connectivity index (χ2v) is 7.96. The molecule has 2 aromatic carbocycles. The molecule has 0 bridgehead atoms. The molecule has 0 aliphatic heterocycles. The predicted molar refractivity (Wildman–Crippen MR) is 124 cm³/mol. The molecule has 0 aliphatic carbocycles. The lowest BCUT2D eigenvalue weighted by Gasteiger charge is -2.32. The number of amides is 1. The van der Waals surface area contributed by atoms with E-state index < -0.39 is 12.0 Å². The first-order chi connectivity index (χ1) is 15.3. The number of carbonyl (C=O) groups is 2. The number of hydrogen-bond acceptors (Lipinski definition) is 4. The zero-order valence-electron chi connectivity index (χ0n) is 18.8. The van der Waals surface area contributed by atoms with E-state index in [9.17, 15) is 14.7 Å². The number of rotatable bonds is 10. The van der Waals surface area contributed by atoms with E-state index in [1.807, 2.05) is 63.2 Å². The monoisotopic (exact) mass is 437 g/mol. The highest BCUT2D eigenvalue weighted by atomic mass is 16.4. The summed E-state index contributed by atoms with van der Waals surface area (Å²) in [6.07, 6.45) is 1.92. The van der Waals surface area contributed by atoms with Gasteiger partial charge in [-0.15, -0.1) is 5.11 Å². The summed E-state index contributed by atoms with van der Waals surface area (Å²) in [4.78, 5) is 26.2. The van der Waals surface area contributed by atoms with Crippen LogP contribution in [0.3, 0.4) is 0 Å². The molecule has 0 saturated carbocycles. The molecular formula is C24H31N5O3. The first kappa shape index (κ1) is 24.7. The highest BCUT2D eigenvalue weighted by Crippen LogP contribution is 2.26. The van der Waals surface area contributed by atoms with Crippen LogP contribution in [0.2, 0.25) is 0 Å². The summed E-state index contributed by atoms with van der Waals surface area (Å²) >= 11 is 0. The van der Waals surface area contributed by atoms with Crippen molar-refractivity contribution in [2.45, 2.75) is 52.6 Å². The number of nitrogens with two attached hydrogens (primary N) is 1. The number of aliphatic carboxylic acids is 1. The number of nitrogens with zero attached hydrogens (tertiary/aromatic N) is 3. The van der Waals surface area contributed by atoms with Crippen molar-refractivity contribution in [3.63, 3.8) is 0 Å². The molecule has 2 aromatic rings. The lowest BCUT2D eigenvalue weighted by molar-refractivity contribution is -0.153. The van der Waals surface area contributed by atoms with Crippen molar-refractivity contribution in [2.24, 2.45) is 22.1 Å². The molecule has 8 nitrogen and oxygen atoms in total. The van der Waals surface area contributed by atoms with E-state index in [1.165, 1.54) is 4.90 Å². The van der Waals surface area contributed by atoms with Gasteiger partial charge in [0.2, 0.25) is 5.91 Å². The second-order valence-electron chi connectivity index (χ2n) is 7.96. The minimum Gasteiger partial charge on any atom is -0.480 e. The van der Waals surface area contributed by atoms with Gasteiger partial charge in [-0.3, -0.25) is 10.2 Å². The zero-order chi connectivity index (χ0) is 23.7. The maximum absolute atomic E-state index is 12.8. The van der Waals surface area contributed by atoms with Gasteiger partial charge in [0.25, 0.3) is 0 Å². The Balaban J connectivity index is 2.33. The van der Waals surface area contributed by atoms with Crippen LogP contribution in [-0.2, 0) is 16.1 Å². The van der Waals surface area contributed by atoms with Crippen LogP contribution in [0.25, 0.3) is 11.1 Å². The molecule has 8 heteroatoms. The maximum Gasteiger partial charge on any atom is 0.326 e. The van der Waals surface area contributed by atoms with Crippen LogP contribution in [0, 0.1) is 11.3 Å². The third-order valence-corrected chi connectivity index (χ3v) is 5.24. The summed E-state index contributed by atoms with van der Waals surface area (Å²) in [5.41, 5.74) is 3.10. The molecule has 0 heterocycles. The Labute approximate surface area is 188 Å². The van der Waals surface area contributed by atoms with Gasteiger partial charge < -0.3 is 15.8 Å². The minimum absolute atomic E-state index is 0.0406. The summed E-state index contributed by atoms with van der Waals surface area (Å²) in [5.74, 6) is 3.68. The number of benzene rings is 2. The van der Waals surface area contributed by atoms with Crippen molar-refractivity contribution in [1.29, 1.82) is 5.41 Å². The van der Waals surface area contributed by atoms with Gasteiger partial charge in [0.15, 0.2) is 5.84 Å². The number of carbonyl (C=O) groups excluding carboxylic acids is 1. The van der Waals surface area contributed by atoms with Gasteiger partial charge >= 0.3 is 5.97 Å². The van der Waals surface area contributed by atoms with Gasteiger partial charge in [0.05, 0.1) is 0 Å². The van der Waals surface area contributed by atoms with Crippen LogP contribution in [0.4, 0.5) is 0 Å². The van der Waals surface area contributed by atoms with E-state index in [-0.39, 0.29) is 24.2 Å². The smallest absolute Gasteiger partial charge is 0.326 e. The molecule has 0 aliphatic rings. The molecule has 0 fully saturated rings. The van der Waals surface area contributed by atoms with Crippen LogP contribution in [-0.4, -0.2) is 33.8 Å². The Morgan fingerprint density at radius 3 is 2.34 bits per heavy atom. The fourth-order valence-electron chi connectivity index (χ4n) is 3.63. The van der Waals surface area contributed by atoms with Crippen LogP contribution >= 0.6 is 0 Å². The molecule has 0 saturated heterocycles. The molecule has 0 radical (unpaired) electrons. The normalized spacial score (nSPS) is 12.1. The molecular weight excluding hydrogens is 406 g/mol. The first-order valence-electron chi connectivity index (χ1n) is 10.7. The van der Waals surface area contributed by atoms with E-state index in [1.54, 1.807) is 6.07 Å². The molecule has 32 heavy (non-hydrogen) atoms. The summed E-state index contributed by atoms with van der Waals surface area (Å²) in [5, 5.41) is 24.6. The fourth-order valence-corrected chi connectivity index (χ4v) is 3.63. The van der Waals surface area contributed by atoms with E-state index in [4.69, 9.17) is 11.3 Å². The number of amidine groups is 1. The lowest BCUT2D eigenvalue weighted by atomic mass is 9.97. The van der Waals surface area contributed by atoms with Crippen LogP contribution < -0.4 is 5.84 Å². The molecule has 1 atom stereocenters. The Hall–Kier alpha value is -3.55. The van der Waals surface area contributed by atoms with Crippen molar-refractivity contribution in [3.05, 3.63) is 59.7 Å². The zero-order valence-corrected chi connectivity index (χ0v) is 18.8. The quantitative estimate of drug-likeness (QED) is 0.164. The summed E-state index contributed by atoms with van der Waals surface area (Å²) in [7, 11) is 0. The molecule has 0 spiro atoms. The average Bonchev–Trinajstić information content (AvgIpc) is 2.77. The summed E-state index contributed by atoms with van der Waals surface area (Å²) in [6.45, 7) is 5.84. The molecule has 2 rings (SSSR count). The Bertz CT molecular complexity index is 970. The summed E-state index contributed by atoms with van der Waals surface area (Å²) in [6, 6.07) is 14.0. The van der Waals surface area contributed by atoms with E-state index in [0.717, 1.165) is 29.5 Å². The molecule has 1 unspecified atom stereocenters. The lowest BCUT2D eigenvalue weighted by Crippen LogP contribution is -2.47. The van der Waals surface area contributed by atoms with Crippen LogP contribution in [0.1, 0.15) is 51.2 Å². The fraction of sp³-hybridized carbons (Fsp3) is 0.375. The SMILES string of the molecule is CCCCC(=O)N(Cc1ccc(-c2ccccc2C(=N)N=NN)cc1)C(C(=O)O)C(C)C. The van der Waals surface area contributed by atoms with E-state index in [2.05, 4.69) is 10.3 Å². The van der Waals surface area contributed by atoms with Gasteiger partial charge in [-0.2, -0.15) is 0 Å². The number of nitrogens with one attached hydrogen (secondary N) is 1. The van der Waals surface area contributed by atoms with Crippen LogP contribution in [0.5, 0.6) is 0 Å². The molecule has 170 valence electrons. The van der Waals surface area contributed by atoms with Gasteiger partial charge in [-0.05, 0) is 29.0 Å². The molecule has 1 amide bonds. The Morgan fingerprint density at radius 2 is 1.78 bits per heavy atom. The van der Waals surface area contributed by atoms with E-state index >= 15 is 0 Å². The maximum atomic E-state index is 12.8. The van der Waals surface area contributed by atoms with Gasteiger partial charge in [-0.1, -0.05) is 80.9 Å². The summed E-state index contributed by atoms with van der Waals surface area (Å²) < 4.78 is 0. The number of unbranched alkanes of at least 4 members (excludes halogenated alkanes) is 1. The van der Waals surface area contributed by atoms with Crippen molar-refractivity contribution >= 4 is 17.7 Å². The highest BCUT2D eigenvalue weighted by molar-refractivity contribution is 6.02. The first-order valence-corrected chi connectivity index (χ1v) is 10.7. The van der Waals surface area contributed by atoms with Crippen molar-refractivity contribution < 1.29 is 14.7 Å². The number of carboxylic acid groups (broad SMARTS) is 1. The topological polar surface area (TPSA) is 132 Å². The van der Waals surface area contributed by atoms with Gasteiger partial charge in [0, 0.05) is 18.5 Å². The number of hydrogen-bond donors (Lipinski definition) is 3. The minimum atomic E-state index is -0.997. The van der Waals surface area contributed by atoms with Crippen LogP contribution in [0.15, 0.2) is 58.9 Å². The van der Waals surface area contributed by atoms with E-state index in [0.29, 0.717) is 12.0 Å². The Kier molecular flexibility index (Phi) is 9.07. The third kappa shape index (κ3) is 6.23.